The molecule has 1 amide bonds. The van der Waals surface area contributed by atoms with Crippen molar-refractivity contribution < 1.29 is 9.53 Å². The summed E-state index contributed by atoms with van der Waals surface area (Å²) in [6.07, 6.45) is 2.39. The lowest BCUT2D eigenvalue weighted by molar-refractivity contribution is -0.118. The number of ether oxygens (including phenoxy) is 1. The second kappa shape index (κ2) is 7.82. The van der Waals surface area contributed by atoms with Crippen LogP contribution in [0.3, 0.4) is 0 Å². The Morgan fingerprint density at radius 2 is 1.67 bits per heavy atom. The number of hydrogen-bond acceptors (Lipinski definition) is 3. The molecule has 0 spiro atoms. The highest BCUT2D eigenvalue weighted by atomic mass is 35.5. The second-order valence-corrected chi connectivity index (χ2v) is 3.83. The summed E-state index contributed by atoms with van der Waals surface area (Å²) in [4.78, 5) is 14.7. The fourth-order valence-electron chi connectivity index (χ4n) is 1.88. The SMILES string of the molecule is CCl.COc1ccc(N2CCN(C=O)CC2)cc1. The molecule has 1 heterocycles. The highest BCUT2D eigenvalue weighted by Crippen LogP contribution is 2.20. The van der Waals surface area contributed by atoms with Crippen molar-refractivity contribution in [2.75, 3.05) is 44.6 Å². The first-order chi connectivity index (χ1) is 8.83. The van der Waals surface area contributed by atoms with E-state index in [1.165, 1.54) is 12.1 Å². The first kappa shape index (κ1) is 14.6. The van der Waals surface area contributed by atoms with Gasteiger partial charge in [0.05, 0.1) is 7.11 Å². The monoisotopic (exact) mass is 270 g/mol. The van der Waals surface area contributed by atoms with E-state index in [0.29, 0.717) is 0 Å². The Morgan fingerprint density at radius 1 is 1.11 bits per heavy atom. The standard InChI is InChI=1S/C12H16N2O2.CH3Cl/c1-16-12-4-2-11(3-5-12)14-8-6-13(10-15)7-9-14;1-2/h2-5,10H,6-9H2,1H3;1H3. The number of alkyl halides is 1. The first-order valence-electron chi connectivity index (χ1n) is 5.79. The van der Waals surface area contributed by atoms with Crippen molar-refractivity contribution in [1.29, 1.82) is 0 Å². The van der Waals surface area contributed by atoms with E-state index < -0.39 is 0 Å². The van der Waals surface area contributed by atoms with E-state index in [4.69, 9.17) is 4.74 Å². The maximum atomic E-state index is 10.6. The van der Waals surface area contributed by atoms with Crippen LogP contribution in [0, 0.1) is 0 Å². The average Bonchev–Trinajstić information content (AvgIpc) is 2.49. The summed E-state index contributed by atoms with van der Waals surface area (Å²) in [5, 5.41) is 0. The fraction of sp³-hybridized carbons (Fsp3) is 0.462. The summed E-state index contributed by atoms with van der Waals surface area (Å²) in [5.41, 5.74) is 1.19. The van der Waals surface area contributed by atoms with Gasteiger partial charge in [-0.05, 0) is 24.3 Å². The average molecular weight is 271 g/mol. The molecule has 0 atom stereocenters. The Hall–Kier alpha value is -1.42. The lowest BCUT2D eigenvalue weighted by Crippen LogP contribution is -2.45. The van der Waals surface area contributed by atoms with Gasteiger partial charge in [-0.1, -0.05) is 0 Å². The molecule has 1 aromatic carbocycles. The summed E-state index contributed by atoms with van der Waals surface area (Å²) >= 11 is 4.64. The zero-order valence-electron chi connectivity index (χ0n) is 10.8. The molecule has 0 N–H and O–H groups in total. The lowest BCUT2D eigenvalue weighted by Gasteiger charge is -2.34. The van der Waals surface area contributed by atoms with Gasteiger partial charge in [-0.25, -0.2) is 0 Å². The van der Waals surface area contributed by atoms with Gasteiger partial charge in [0, 0.05) is 38.2 Å². The molecule has 0 radical (unpaired) electrons. The van der Waals surface area contributed by atoms with E-state index in [0.717, 1.165) is 38.3 Å². The minimum atomic E-state index is 0.801. The highest BCUT2D eigenvalue weighted by molar-refractivity contribution is 6.15. The summed E-state index contributed by atoms with van der Waals surface area (Å²) < 4.78 is 5.12. The Kier molecular flexibility index (Phi) is 6.36. The van der Waals surface area contributed by atoms with Crippen LogP contribution in [0.5, 0.6) is 5.75 Å². The molecule has 5 heteroatoms. The van der Waals surface area contributed by atoms with Crippen LogP contribution in [0.25, 0.3) is 0 Å². The number of carbonyl (C=O) groups excluding carboxylic acids is 1. The number of halogens is 1. The number of carbonyl (C=O) groups is 1. The van der Waals surface area contributed by atoms with Gasteiger partial charge >= 0.3 is 0 Å². The quantitative estimate of drug-likeness (QED) is 0.621. The summed E-state index contributed by atoms with van der Waals surface area (Å²) in [6.45, 7) is 3.39. The molecule has 18 heavy (non-hydrogen) atoms. The minimum Gasteiger partial charge on any atom is -0.497 e. The van der Waals surface area contributed by atoms with Crippen LogP contribution >= 0.6 is 11.6 Å². The zero-order valence-corrected chi connectivity index (χ0v) is 11.6. The molecule has 4 nitrogen and oxygen atoms in total. The van der Waals surface area contributed by atoms with Gasteiger partial charge in [0.15, 0.2) is 0 Å². The van der Waals surface area contributed by atoms with Gasteiger partial charge in [-0.2, -0.15) is 0 Å². The van der Waals surface area contributed by atoms with Gasteiger partial charge in [0.1, 0.15) is 5.75 Å². The number of hydrogen-bond donors (Lipinski definition) is 0. The van der Waals surface area contributed by atoms with Crippen molar-refractivity contribution in [3.05, 3.63) is 24.3 Å². The molecule has 0 saturated carbocycles. The Balaban J connectivity index is 0.000000771. The first-order valence-corrected chi connectivity index (χ1v) is 6.55. The third kappa shape index (κ3) is 3.81. The van der Waals surface area contributed by atoms with Crippen LogP contribution in [0.1, 0.15) is 0 Å². The van der Waals surface area contributed by atoms with Crippen LogP contribution < -0.4 is 9.64 Å². The molecule has 1 saturated heterocycles. The predicted octanol–water partition coefficient (Wildman–Crippen LogP) is 1.83. The predicted molar refractivity (Wildman–Crippen MR) is 74.6 cm³/mol. The van der Waals surface area contributed by atoms with Crippen molar-refractivity contribution in [3.63, 3.8) is 0 Å². The molecule has 0 unspecified atom stereocenters. The van der Waals surface area contributed by atoms with Gasteiger partial charge in [-0.3, -0.25) is 4.79 Å². The molecular formula is C13H19ClN2O2. The van der Waals surface area contributed by atoms with E-state index in [2.05, 4.69) is 28.6 Å². The summed E-state index contributed by atoms with van der Waals surface area (Å²) in [6, 6.07) is 8.02. The van der Waals surface area contributed by atoms with Crippen LogP contribution in [0.4, 0.5) is 5.69 Å². The molecule has 2 rings (SSSR count). The molecule has 1 aliphatic heterocycles. The smallest absolute Gasteiger partial charge is 0.209 e. The number of benzene rings is 1. The Bertz CT molecular complexity index is 349. The van der Waals surface area contributed by atoms with Crippen LogP contribution in [0.15, 0.2) is 24.3 Å². The molecule has 0 aromatic heterocycles. The second-order valence-electron chi connectivity index (χ2n) is 3.83. The van der Waals surface area contributed by atoms with Crippen molar-refractivity contribution in [2.45, 2.75) is 0 Å². The number of amides is 1. The summed E-state index contributed by atoms with van der Waals surface area (Å²) in [7, 11) is 1.66. The topological polar surface area (TPSA) is 32.8 Å². The van der Waals surface area contributed by atoms with E-state index in [1.54, 1.807) is 12.0 Å². The van der Waals surface area contributed by atoms with E-state index in [-0.39, 0.29) is 0 Å². The van der Waals surface area contributed by atoms with E-state index in [1.807, 2.05) is 12.1 Å². The zero-order chi connectivity index (χ0) is 13.4. The van der Waals surface area contributed by atoms with Crippen LogP contribution in [0.2, 0.25) is 0 Å². The fourth-order valence-corrected chi connectivity index (χ4v) is 1.88. The lowest BCUT2D eigenvalue weighted by atomic mass is 10.2. The van der Waals surface area contributed by atoms with Crippen molar-refractivity contribution in [2.24, 2.45) is 0 Å². The molecular weight excluding hydrogens is 252 g/mol. The van der Waals surface area contributed by atoms with Crippen molar-refractivity contribution in [1.82, 2.24) is 4.90 Å². The van der Waals surface area contributed by atoms with Gasteiger partial charge in [0.25, 0.3) is 0 Å². The molecule has 100 valence electrons. The van der Waals surface area contributed by atoms with Gasteiger partial charge in [-0.15, -0.1) is 11.6 Å². The minimum absolute atomic E-state index is 0.801. The molecule has 1 aliphatic rings. The molecule has 1 fully saturated rings. The maximum Gasteiger partial charge on any atom is 0.209 e. The number of piperazine rings is 1. The van der Waals surface area contributed by atoms with Crippen LogP contribution in [-0.4, -0.2) is 51.0 Å². The molecule has 1 aromatic rings. The third-order valence-corrected chi connectivity index (χ3v) is 2.90. The van der Waals surface area contributed by atoms with Gasteiger partial charge < -0.3 is 14.5 Å². The summed E-state index contributed by atoms with van der Waals surface area (Å²) in [5.74, 6) is 0.871. The Morgan fingerprint density at radius 3 is 2.11 bits per heavy atom. The largest absolute Gasteiger partial charge is 0.497 e. The maximum absolute atomic E-state index is 10.6. The van der Waals surface area contributed by atoms with Crippen molar-refractivity contribution in [3.8, 4) is 5.75 Å². The Labute approximate surface area is 113 Å². The van der Waals surface area contributed by atoms with E-state index in [9.17, 15) is 4.79 Å². The molecule has 0 bridgehead atoms. The van der Waals surface area contributed by atoms with Crippen molar-refractivity contribution >= 4 is 23.7 Å². The normalized spacial score (nSPS) is 14.6. The van der Waals surface area contributed by atoms with Crippen LogP contribution in [-0.2, 0) is 4.79 Å². The van der Waals surface area contributed by atoms with Gasteiger partial charge in [0.2, 0.25) is 6.41 Å². The number of methoxy groups -OCH3 is 1. The molecule has 0 aliphatic carbocycles. The van der Waals surface area contributed by atoms with E-state index >= 15 is 0 Å². The number of rotatable bonds is 3. The third-order valence-electron chi connectivity index (χ3n) is 2.90. The number of nitrogens with zero attached hydrogens (tertiary/aromatic N) is 2. The number of anilines is 1. The highest BCUT2D eigenvalue weighted by Gasteiger charge is 2.15.